The van der Waals surface area contributed by atoms with Gasteiger partial charge in [-0.15, -0.1) is 13.2 Å². The molecule has 7 heteroatoms. The Morgan fingerprint density at radius 3 is 2.68 bits per heavy atom. The number of amides is 1. The summed E-state index contributed by atoms with van der Waals surface area (Å²) in [6.45, 7) is 3.28. The van der Waals surface area contributed by atoms with Crippen LogP contribution in [0.15, 0.2) is 24.3 Å². The van der Waals surface area contributed by atoms with Crippen LogP contribution in [0.2, 0.25) is 0 Å². The predicted molar refractivity (Wildman–Crippen MR) is 75.2 cm³/mol. The first-order valence-electron chi connectivity index (χ1n) is 7.01. The van der Waals surface area contributed by atoms with Gasteiger partial charge in [0.1, 0.15) is 5.75 Å². The van der Waals surface area contributed by atoms with E-state index < -0.39 is 11.8 Å². The minimum Gasteiger partial charge on any atom is -0.405 e. The van der Waals surface area contributed by atoms with Gasteiger partial charge in [-0.2, -0.15) is 0 Å². The first kappa shape index (κ1) is 16.6. The summed E-state index contributed by atoms with van der Waals surface area (Å²) < 4.78 is 41.3. The fourth-order valence-corrected chi connectivity index (χ4v) is 2.65. The molecule has 0 radical (unpaired) electrons. The number of ether oxygens (including phenoxy) is 1. The second-order valence-electron chi connectivity index (χ2n) is 5.80. The Labute approximate surface area is 127 Å². The van der Waals surface area contributed by atoms with Crippen molar-refractivity contribution in [2.75, 3.05) is 20.1 Å². The Bertz CT molecular complexity index is 540. The Morgan fingerprint density at radius 1 is 1.41 bits per heavy atom. The third-order valence-corrected chi connectivity index (χ3v) is 3.84. The molecule has 2 rings (SSSR count). The van der Waals surface area contributed by atoms with E-state index in [2.05, 4.69) is 10.1 Å². The lowest BCUT2D eigenvalue weighted by molar-refractivity contribution is -0.275. The van der Waals surface area contributed by atoms with Crippen LogP contribution >= 0.6 is 0 Å². The molecule has 1 aliphatic heterocycles. The number of alkyl halides is 3. The summed E-state index contributed by atoms with van der Waals surface area (Å²) in [4.78, 5) is 13.9. The molecule has 1 aromatic carbocycles. The number of hydrogen-bond acceptors (Lipinski definition) is 3. The average Bonchev–Trinajstić information content (AvgIpc) is 2.86. The number of benzene rings is 1. The maximum atomic E-state index is 12.5. The highest BCUT2D eigenvalue weighted by atomic mass is 19.4. The number of nitrogens with zero attached hydrogens (tertiary/aromatic N) is 1. The summed E-state index contributed by atoms with van der Waals surface area (Å²) in [5, 5.41) is 3.13. The normalized spacial score (nSPS) is 21.7. The highest BCUT2D eigenvalue weighted by Crippen LogP contribution is 2.30. The topological polar surface area (TPSA) is 41.6 Å². The standard InChI is InChI=1S/C15H19F3N2O2/c1-14(7-8-19-10-14)13(21)20(2)9-11-5-3-4-6-12(11)22-15(16,17)18/h3-6,19H,7-10H2,1-2H3. The minimum absolute atomic E-state index is 0.0701. The molecule has 1 aromatic rings. The predicted octanol–water partition coefficient (Wildman–Crippen LogP) is 2.54. The maximum Gasteiger partial charge on any atom is 0.573 e. The van der Waals surface area contributed by atoms with E-state index in [4.69, 9.17) is 0 Å². The lowest BCUT2D eigenvalue weighted by Gasteiger charge is -2.28. The summed E-state index contributed by atoms with van der Waals surface area (Å²) in [6.07, 6.45) is -4.03. The van der Waals surface area contributed by atoms with E-state index in [-0.39, 0.29) is 18.2 Å². The number of nitrogens with one attached hydrogen (secondary N) is 1. The molecule has 1 N–H and O–H groups in total. The van der Waals surface area contributed by atoms with Crippen molar-refractivity contribution in [1.82, 2.24) is 10.2 Å². The van der Waals surface area contributed by atoms with Crippen LogP contribution in [0.25, 0.3) is 0 Å². The van der Waals surface area contributed by atoms with Crippen molar-refractivity contribution < 1.29 is 22.7 Å². The molecular formula is C15H19F3N2O2. The van der Waals surface area contributed by atoms with Crippen LogP contribution < -0.4 is 10.1 Å². The van der Waals surface area contributed by atoms with E-state index in [0.29, 0.717) is 12.1 Å². The zero-order chi connectivity index (χ0) is 16.4. The Morgan fingerprint density at radius 2 is 2.09 bits per heavy atom. The number of halogens is 3. The molecule has 1 unspecified atom stereocenters. The molecule has 0 aromatic heterocycles. The van der Waals surface area contributed by atoms with E-state index in [1.165, 1.54) is 23.1 Å². The zero-order valence-corrected chi connectivity index (χ0v) is 12.5. The van der Waals surface area contributed by atoms with Gasteiger partial charge in [0, 0.05) is 25.7 Å². The summed E-state index contributed by atoms with van der Waals surface area (Å²) in [6, 6.07) is 5.87. The van der Waals surface area contributed by atoms with Gasteiger partial charge < -0.3 is 15.0 Å². The van der Waals surface area contributed by atoms with Gasteiger partial charge in [-0.25, -0.2) is 0 Å². The fraction of sp³-hybridized carbons (Fsp3) is 0.533. The maximum absolute atomic E-state index is 12.5. The number of carbonyl (C=O) groups is 1. The van der Waals surface area contributed by atoms with Crippen LogP contribution in [-0.2, 0) is 11.3 Å². The minimum atomic E-state index is -4.75. The molecule has 122 valence electrons. The van der Waals surface area contributed by atoms with Crippen LogP contribution in [0.3, 0.4) is 0 Å². The van der Waals surface area contributed by atoms with Crippen molar-refractivity contribution in [2.24, 2.45) is 5.41 Å². The molecular weight excluding hydrogens is 297 g/mol. The van der Waals surface area contributed by atoms with Crippen LogP contribution in [0.1, 0.15) is 18.9 Å². The molecule has 22 heavy (non-hydrogen) atoms. The second kappa shape index (κ2) is 6.16. The van der Waals surface area contributed by atoms with E-state index >= 15 is 0 Å². The van der Waals surface area contributed by atoms with Crippen LogP contribution in [0, 0.1) is 5.41 Å². The summed E-state index contributed by atoms with van der Waals surface area (Å²) in [7, 11) is 1.59. The smallest absolute Gasteiger partial charge is 0.405 e. The molecule has 0 spiro atoms. The van der Waals surface area contributed by atoms with Gasteiger partial charge in [-0.1, -0.05) is 18.2 Å². The van der Waals surface area contributed by atoms with Crippen molar-refractivity contribution in [3.05, 3.63) is 29.8 Å². The SMILES string of the molecule is CN(Cc1ccccc1OC(F)(F)F)C(=O)C1(C)CCNC1. The molecule has 4 nitrogen and oxygen atoms in total. The molecule has 1 fully saturated rings. The summed E-state index contributed by atoms with van der Waals surface area (Å²) in [5.41, 5.74) is -0.181. The highest BCUT2D eigenvalue weighted by molar-refractivity contribution is 5.82. The third kappa shape index (κ3) is 3.91. The summed E-state index contributed by atoms with van der Waals surface area (Å²) in [5.74, 6) is -0.358. The van der Waals surface area contributed by atoms with Crippen LogP contribution in [-0.4, -0.2) is 37.3 Å². The monoisotopic (exact) mass is 316 g/mol. The highest BCUT2D eigenvalue weighted by Gasteiger charge is 2.38. The van der Waals surface area contributed by atoms with Gasteiger partial charge in [0.05, 0.1) is 5.41 Å². The van der Waals surface area contributed by atoms with Gasteiger partial charge in [-0.05, 0) is 26.0 Å². The number of hydrogen-bond donors (Lipinski definition) is 1. The Balaban J connectivity index is 2.11. The van der Waals surface area contributed by atoms with Crippen LogP contribution in [0.5, 0.6) is 5.75 Å². The van der Waals surface area contributed by atoms with Gasteiger partial charge in [0.2, 0.25) is 5.91 Å². The third-order valence-electron chi connectivity index (χ3n) is 3.84. The van der Waals surface area contributed by atoms with Crippen molar-refractivity contribution in [3.63, 3.8) is 0 Å². The first-order chi connectivity index (χ1) is 10.2. The second-order valence-corrected chi connectivity index (χ2v) is 5.80. The molecule has 1 heterocycles. The largest absolute Gasteiger partial charge is 0.573 e. The number of carbonyl (C=O) groups excluding carboxylic acids is 1. The lowest BCUT2D eigenvalue weighted by Crippen LogP contribution is -2.41. The van der Waals surface area contributed by atoms with E-state index in [1.807, 2.05) is 6.92 Å². The molecule has 1 atom stereocenters. The fourth-order valence-electron chi connectivity index (χ4n) is 2.65. The van der Waals surface area contributed by atoms with Gasteiger partial charge >= 0.3 is 6.36 Å². The summed E-state index contributed by atoms with van der Waals surface area (Å²) >= 11 is 0. The van der Waals surface area contributed by atoms with Crippen LogP contribution in [0.4, 0.5) is 13.2 Å². The number of para-hydroxylation sites is 1. The van der Waals surface area contributed by atoms with Gasteiger partial charge in [0.25, 0.3) is 0 Å². The molecule has 0 aliphatic carbocycles. The molecule has 1 saturated heterocycles. The van der Waals surface area contributed by atoms with Crippen molar-refractivity contribution in [1.29, 1.82) is 0 Å². The van der Waals surface area contributed by atoms with Crippen molar-refractivity contribution in [3.8, 4) is 5.75 Å². The molecule has 1 aliphatic rings. The van der Waals surface area contributed by atoms with Crippen molar-refractivity contribution in [2.45, 2.75) is 26.3 Å². The molecule has 1 amide bonds. The van der Waals surface area contributed by atoms with Gasteiger partial charge in [-0.3, -0.25) is 4.79 Å². The van der Waals surface area contributed by atoms with Gasteiger partial charge in [0.15, 0.2) is 0 Å². The van der Waals surface area contributed by atoms with E-state index in [1.54, 1.807) is 13.1 Å². The lowest BCUT2D eigenvalue weighted by atomic mass is 9.88. The quantitative estimate of drug-likeness (QED) is 0.928. The average molecular weight is 316 g/mol. The Kier molecular flexibility index (Phi) is 4.65. The first-order valence-corrected chi connectivity index (χ1v) is 7.01. The molecule has 0 saturated carbocycles. The number of rotatable bonds is 4. The molecule has 0 bridgehead atoms. The zero-order valence-electron chi connectivity index (χ0n) is 12.5. The van der Waals surface area contributed by atoms with E-state index in [0.717, 1.165) is 13.0 Å². The Hall–Kier alpha value is -1.76. The van der Waals surface area contributed by atoms with Crippen molar-refractivity contribution >= 4 is 5.91 Å². The van der Waals surface area contributed by atoms with E-state index in [9.17, 15) is 18.0 Å².